The first kappa shape index (κ1) is 13.9. The van der Waals surface area contributed by atoms with E-state index in [0.29, 0.717) is 11.7 Å². The molecule has 0 aromatic heterocycles. The van der Waals surface area contributed by atoms with E-state index in [0.717, 1.165) is 30.6 Å². The lowest BCUT2D eigenvalue weighted by molar-refractivity contribution is 0.0600. The average molecular weight is 263 g/mol. The van der Waals surface area contributed by atoms with Crippen molar-refractivity contribution in [2.24, 2.45) is 0 Å². The Kier molecular flexibility index (Phi) is 4.43. The summed E-state index contributed by atoms with van der Waals surface area (Å²) < 4.78 is 10.5. The summed E-state index contributed by atoms with van der Waals surface area (Å²) >= 11 is 0. The summed E-state index contributed by atoms with van der Waals surface area (Å²) in [6.45, 7) is 4.80. The molecule has 1 aliphatic heterocycles. The molecule has 2 unspecified atom stereocenters. The molecule has 0 spiro atoms. The summed E-state index contributed by atoms with van der Waals surface area (Å²) in [6, 6.07) is 5.61. The van der Waals surface area contributed by atoms with Crippen molar-refractivity contribution >= 4 is 11.7 Å². The maximum atomic E-state index is 11.6. The van der Waals surface area contributed by atoms with Crippen LogP contribution in [0.1, 0.15) is 35.7 Å². The Balaban J connectivity index is 2.02. The summed E-state index contributed by atoms with van der Waals surface area (Å²) in [7, 11) is 1.40. The molecule has 4 nitrogen and oxygen atoms in total. The lowest BCUT2D eigenvalue weighted by Crippen LogP contribution is -2.20. The van der Waals surface area contributed by atoms with E-state index in [1.165, 1.54) is 7.11 Å². The van der Waals surface area contributed by atoms with Gasteiger partial charge in [-0.25, -0.2) is 4.79 Å². The van der Waals surface area contributed by atoms with Crippen molar-refractivity contribution in [3.05, 3.63) is 29.3 Å². The minimum atomic E-state index is -0.299. The van der Waals surface area contributed by atoms with Crippen LogP contribution in [0.2, 0.25) is 0 Å². The van der Waals surface area contributed by atoms with E-state index in [-0.39, 0.29) is 12.1 Å². The van der Waals surface area contributed by atoms with Gasteiger partial charge in [-0.1, -0.05) is 6.07 Å². The van der Waals surface area contributed by atoms with E-state index in [1.807, 2.05) is 19.1 Å². The van der Waals surface area contributed by atoms with Gasteiger partial charge < -0.3 is 14.8 Å². The summed E-state index contributed by atoms with van der Waals surface area (Å²) in [5.74, 6) is -0.299. The minimum Gasteiger partial charge on any atom is -0.465 e. The number of ether oxygens (including phenoxy) is 2. The number of rotatable bonds is 4. The number of methoxy groups -OCH3 is 1. The standard InChI is InChI=1S/C15H21NO3/c1-10-7-8-12(19-10)9-16-14-6-4-5-13(11(14)2)15(17)18-3/h4-6,10,12,16H,7-9H2,1-3H3. The molecule has 1 heterocycles. The summed E-state index contributed by atoms with van der Waals surface area (Å²) in [5.41, 5.74) is 2.49. The summed E-state index contributed by atoms with van der Waals surface area (Å²) in [5, 5.41) is 3.36. The molecule has 19 heavy (non-hydrogen) atoms. The first-order valence-electron chi connectivity index (χ1n) is 6.69. The van der Waals surface area contributed by atoms with E-state index in [2.05, 4.69) is 12.2 Å². The van der Waals surface area contributed by atoms with Crippen LogP contribution in [-0.4, -0.2) is 31.8 Å². The quantitative estimate of drug-likeness (QED) is 0.849. The van der Waals surface area contributed by atoms with Crippen LogP contribution in [0.25, 0.3) is 0 Å². The van der Waals surface area contributed by atoms with Gasteiger partial charge in [-0.15, -0.1) is 0 Å². The van der Waals surface area contributed by atoms with Crippen molar-refractivity contribution < 1.29 is 14.3 Å². The molecule has 0 saturated carbocycles. The smallest absolute Gasteiger partial charge is 0.338 e. The van der Waals surface area contributed by atoms with Crippen LogP contribution >= 0.6 is 0 Å². The molecule has 1 N–H and O–H groups in total. The Hall–Kier alpha value is -1.55. The van der Waals surface area contributed by atoms with Crippen LogP contribution in [0.4, 0.5) is 5.69 Å². The van der Waals surface area contributed by atoms with Gasteiger partial charge in [0.05, 0.1) is 24.9 Å². The first-order chi connectivity index (χ1) is 9.11. The molecule has 1 aromatic carbocycles. The molecule has 0 bridgehead atoms. The zero-order valence-electron chi connectivity index (χ0n) is 11.7. The highest BCUT2D eigenvalue weighted by atomic mass is 16.5. The number of carbonyl (C=O) groups excluding carboxylic acids is 1. The van der Waals surface area contributed by atoms with Gasteiger partial charge >= 0.3 is 5.97 Å². The molecule has 2 atom stereocenters. The van der Waals surface area contributed by atoms with Gasteiger partial charge in [0, 0.05) is 12.2 Å². The Morgan fingerprint density at radius 3 is 2.89 bits per heavy atom. The molecule has 2 rings (SSSR count). The Morgan fingerprint density at radius 1 is 1.47 bits per heavy atom. The Bertz CT molecular complexity index is 459. The fourth-order valence-electron chi connectivity index (χ4n) is 2.42. The van der Waals surface area contributed by atoms with Gasteiger partial charge in [0.2, 0.25) is 0 Å². The van der Waals surface area contributed by atoms with Gasteiger partial charge in [-0.2, -0.15) is 0 Å². The topological polar surface area (TPSA) is 47.6 Å². The summed E-state index contributed by atoms with van der Waals surface area (Å²) in [6.07, 6.45) is 2.82. The largest absolute Gasteiger partial charge is 0.465 e. The normalized spacial score (nSPS) is 22.3. The molecule has 104 valence electrons. The molecule has 0 aliphatic carbocycles. The number of esters is 1. The van der Waals surface area contributed by atoms with Gasteiger partial charge in [0.15, 0.2) is 0 Å². The molecule has 0 radical (unpaired) electrons. The molecule has 1 aliphatic rings. The average Bonchev–Trinajstić information content (AvgIpc) is 2.82. The zero-order chi connectivity index (χ0) is 13.8. The van der Waals surface area contributed by atoms with Crippen LogP contribution in [0.5, 0.6) is 0 Å². The van der Waals surface area contributed by atoms with Crippen LogP contribution < -0.4 is 5.32 Å². The third-order valence-electron chi connectivity index (χ3n) is 3.58. The Morgan fingerprint density at radius 2 is 2.26 bits per heavy atom. The maximum Gasteiger partial charge on any atom is 0.338 e. The van der Waals surface area contributed by atoms with Crippen molar-refractivity contribution in [3.63, 3.8) is 0 Å². The second-order valence-corrected chi connectivity index (χ2v) is 5.00. The number of hydrogen-bond acceptors (Lipinski definition) is 4. The van der Waals surface area contributed by atoms with Gasteiger partial charge in [-0.3, -0.25) is 0 Å². The van der Waals surface area contributed by atoms with Gasteiger partial charge in [0.1, 0.15) is 0 Å². The van der Waals surface area contributed by atoms with Crippen molar-refractivity contribution in [2.45, 2.75) is 38.9 Å². The fourth-order valence-corrected chi connectivity index (χ4v) is 2.42. The highest BCUT2D eigenvalue weighted by molar-refractivity contribution is 5.92. The van der Waals surface area contributed by atoms with Crippen LogP contribution in [-0.2, 0) is 9.47 Å². The molecule has 1 saturated heterocycles. The molecule has 1 fully saturated rings. The molecule has 0 amide bonds. The first-order valence-corrected chi connectivity index (χ1v) is 6.69. The van der Waals surface area contributed by atoms with Crippen molar-refractivity contribution in [3.8, 4) is 0 Å². The predicted molar refractivity (Wildman–Crippen MR) is 74.6 cm³/mol. The fraction of sp³-hybridized carbons (Fsp3) is 0.533. The third-order valence-corrected chi connectivity index (χ3v) is 3.58. The lowest BCUT2D eigenvalue weighted by atomic mass is 10.1. The summed E-state index contributed by atoms with van der Waals surface area (Å²) in [4.78, 5) is 11.6. The maximum absolute atomic E-state index is 11.6. The van der Waals surface area contributed by atoms with Gasteiger partial charge in [-0.05, 0) is 44.4 Å². The number of carbonyl (C=O) groups is 1. The van der Waals surface area contributed by atoms with Crippen molar-refractivity contribution in [1.82, 2.24) is 0 Å². The Labute approximate surface area is 114 Å². The lowest BCUT2D eigenvalue weighted by Gasteiger charge is -2.16. The van der Waals surface area contributed by atoms with Crippen molar-refractivity contribution in [1.29, 1.82) is 0 Å². The number of hydrogen-bond donors (Lipinski definition) is 1. The number of benzene rings is 1. The highest BCUT2D eigenvalue weighted by Gasteiger charge is 2.21. The van der Waals surface area contributed by atoms with Gasteiger partial charge in [0.25, 0.3) is 0 Å². The zero-order valence-corrected chi connectivity index (χ0v) is 11.7. The second-order valence-electron chi connectivity index (χ2n) is 5.00. The van der Waals surface area contributed by atoms with E-state index in [1.54, 1.807) is 6.07 Å². The predicted octanol–water partition coefficient (Wildman–Crippen LogP) is 2.76. The molecule has 1 aromatic rings. The SMILES string of the molecule is COC(=O)c1cccc(NCC2CCC(C)O2)c1C. The second kappa shape index (κ2) is 6.06. The van der Waals surface area contributed by atoms with Crippen LogP contribution in [0.3, 0.4) is 0 Å². The van der Waals surface area contributed by atoms with E-state index in [9.17, 15) is 4.79 Å². The van der Waals surface area contributed by atoms with E-state index < -0.39 is 0 Å². The van der Waals surface area contributed by atoms with E-state index >= 15 is 0 Å². The monoisotopic (exact) mass is 263 g/mol. The van der Waals surface area contributed by atoms with Crippen LogP contribution in [0.15, 0.2) is 18.2 Å². The molecular formula is C15H21NO3. The highest BCUT2D eigenvalue weighted by Crippen LogP contribution is 2.22. The number of anilines is 1. The molecule has 4 heteroatoms. The molecular weight excluding hydrogens is 242 g/mol. The van der Waals surface area contributed by atoms with Crippen molar-refractivity contribution in [2.75, 3.05) is 19.0 Å². The third kappa shape index (κ3) is 3.26. The van der Waals surface area contributed by atoms with E-state index in [4.69, 9.17) is 9.47 Å². The van der Waals surface area contributed by atoms with Crippen LogP contribution in [0, 0.1) is 6.92 Å². The number of nitrogens with one attached hydrogen (secondary N) is 1. The minimum absolute atomic E-state index is 0.260.